The second-order valence-electron chi connectivity index (χ2n) is 4.83. The number of carbonyl (C=O) groups is 1. The average Bonchev–Trinajstić information content (AvgIpc) is 3.18. The molecule has 20 heavy (non-hydrogen) atoms. The highest BCUT2D eigenvalue weighted by atomic mass is 32.1. The van der Waals surface area contributed by atoms with Gasteiger partial charge in [0, 0.05) is 19.3 Å². The third-order valence-corrected chi connectivity index (χ3v) is 4.39. The molecule has 1 amide bonds. The fourth-order valence-corrected chi connectivity index (χ4v) is 3.15. The Kier molecular flexibility index (Phi) is 4.18. The molecule has 1 fully saturated rings. The van der Waals surface area contributed by atoms with Gasteiger partial charge in [0.1, 0.15) is 5.76 Å². The van der Waals surface area contributed by atoms with Crippen molar-refractivity contribution in [2.45, 2.75) is 25.4 Å². The van der Waals surface area contributed by atoms with Crippen LogP contribution < -0.4 is 0 Å². The Balaban J connectivity index is 1.80. The van der Waals surface area contributed by atoms with Crippen molar-refractivity contribution in [3.63, 3.8) is 0 Å². The normalized spacial score (nSPS) is 16.2. The van der Waals surface area contributed by atoms with Gasteiger partial charge in [0.2, 0.25) is 0 Å². The number of amides is 1. The van der Waals surface area contributed by atoms with E-state index in [1.807, 2.05) is 34.5 Å². The van der Waals surface area contributed by atoms with Gasteiger partial charge in [-0.3, -0.25) is 4.79 Å². The number of carbonyl (C=O) groups excluding carboxylic acids is 1. The minimum atomic E-state index is 0.0864. The molecule has 3 rings (SSSR count). The molecule has 0 spiro atoms. The zero-order chi connectivity index (χ0) is 13.8. The van der Waals surface area contributed by atoms with E-state index in [2.05, 4.69) is 0 Å². The molecule has 3 heterocycles. The van der Waals surface area contributed by atoms with E-state index in [1.165, 1.54) is 11.3 Å². The van der Waals surface area contributed by atoms with Crippen molar-refractivity contribution in [2.75, 3.05) is 13.2 Å². The standard InChI is InChI=1S/C15H17NO3S/c17-15(14-4-2-10-20-14)16(11-13-3-1-7-19-13)12-5-8-18-9-6-12/h1-4,7,10,12H,5-6,8-9,11H2. The van der Waals surface area contributed by atoms with E-state index in [9.17, 15) is 4.79 Å². The monoisotopic (exact) mass is 291 g/mol. The van der Waals surface area contributed by atoms with E-state index in [0.717, 1.165) is 36.7 Å². The van der Waals surface area contributed by atoms with Crippen molar-refractivity contribution in [1.82, 2.24) is 4.90 Å². The zero-order valence-corrected chi connectivity index (χ0v) is 12.0. The van der Waals surface area contributed by atoms with Gasteiger partial charge < -0.3 is 14.1 Å². The summed E-state index contributed by atoms with van der Waals surface area (Å²) in [6, 6.07) is 7.78. The second kappa shape index (κ2) is 6.24. The molecule has 4 nitrogen and oxygen atoms in total. The summed E-state index contributed by atoms with van der Waals surface area (Å²) in [7, 11) is 0. The molecule has 106 valence electrons. The van der Waals surface area contributed by atoms with Gasteiger partial charge in [0.25, 0.3) is 5.91 Å². The maximum absolute atomic E-state index is 12.7. The van der Waals surface area contributed by atoms with Gasteiger partial charge in [-0.2, -0.15) is 0 Å². The molecule has 1 aliphatic rings. The van der Waals surface area contributed by atoms with Crippen LogP contribution in [0.25, 0.3) is 0 Å². The molecule has 2 aromatic heterocycles. The van der Waals surface area contributed by atoms with Crippen LogP contribution in [0.2, 0.25) is 0 Å². The lowest BCUT2D eigenvalue weighted by atomic mass is 10.1. The van der Waals surface area contributed by atoms with Gasteiger partial charge in [0.05, 0.1) is 17.7 Å². The first-order valence-electron chi connectivity index (χ1n) is 6.79. The summed E-state index contributed by atoms with van der Waals surface area (Å²) in [5, 5.41) is 1.93. The van der Waals surface area contributed by atoms with Crippen LogP contribution in [0.15, 0.2) is 40.3 Å². The summed E-state index contributed by atoms with van der Waals surface area (Å²) < 4.78 is 10.8. The lowest BCUT2D eigenvalue weighted by Crippen LogP contribution is -2.42. The summed E-state index contributed by atoms with van der Waals surface area (Å²) in [6.07, 6.45) is 3.42. The Morgan fingerprint density at radius 2 is 2.15 bits per heavy atom. The van der Waals surface area contributed by atoms with Gasteiger partial charge in [0.15, 0.2) is 0 Å². The number of ether oxygens (including phenoxy) is 1. The summed E-state index contributed by atoms with van der Waals surface area (Å²) in [4.78, 5) is 15.4. The van der Waals surface area contributed by atoms with Crippen molar-refractivity contribution in [1.29, 1.82) is 0 Å². The smallest absolute Gasteiger partial charge is 0.264 e. The van der Waals surface area contributed by atoms with Crippen LogP contribution in [0, 0.1) is 0 Å². The highest BCUT2D eigenvalue weighted by molar-refractivity contribution is 7.12. The molecule has 1 saturated heterocycles. The van der Waals surface area contributed by atoms with Gasteiger partial charge in [-0.05, 0) is 36.4 Å². The molecule has 1 aliphatic heterocycles. The number of hydrogen-bond donors (Lipinski definition) is 0. The molecule has 0 atom stereocenters. The van der Waals surface area contributed by atoms with E-state index in [4.69, 9.17) is 9.15 Å². The van der Waals surface area contributed by atoms with E-state index >= 15 is 0 Å². The van der Waals surface area contributed by atoms with Gasteiger partial charge >= 0.3 is 0 Å². The van der Waals surface area contributed by atoms with Crippen LogP contribution in [-0.4, -0.2) is 30.1 Å². The molecular weight excluding hydrogens is 274 g/mol. The average molecular weight is 291 g/mol. The third kappa shape index (κ3) is 2.94. The summed E-state index contributed by atoms with van der Waals surface area (Å²) >= 11 is 1.48. The molecular formula is C15H17NO3S. The van der Waals surface area contributed by atoms with Crippen LogP contribution in [0.3, 0.4) is 0 Å². The highest BCUT2D eigenvalue weighted by Gasteiger charge is 2.27. The van der Waals surface area contributed by atoms with Gasteiger partial charge in [-0.1, -0.05) is 6.07 Å². The molecule has 0 radical (unpaired) electrons. The number of furan rings is 1. The minimum Gasteiger partial charge on any atom is -0.467 e. The Labute approximate surface area is 122 Å². The first-order chi connectivity index (χ1) is 9.84. The first-order valence-corrected chi connectivity index (χ1v) is 7.67. The van der Waals surface area contributed by atoms with Crippen molar-refractivity contribution in [2.24, 2.45) is 0 Å². The van der Waals surface area contributed by atoms with Crippen LogP contribution in [-0.2, 0) is 11.3 Å². The predicted octanol–water partition coefficient (Wildman–Crippen LogP) is 3.16. The Morgan fingerprint density at radius 1 is 1.30 bits per heavy atom. The van der Waals surface area contributed by atoms with Crippen LogP contribution in [0.4, 0.5) is 0 Å². The molecule has 0 saturated carbocycles. The lowest BCUT2D eigenvalue weighted by Gasteiger charge is -2.33. The highest BCUT2D eigenvalue weighted by Crippen LogP contribution is 2.22. The van der Waals surface area contributed by atoms with Crippen molar-refractivity contribution in [3.8, 4) is 0 Å². The van der Waals surface area contributed by atoms with E-state index < -0.39 is 0 Å². The molecule has 0 aromatic carbocycles. The maximum atomic E-state index is 12.7. The number of rotatable bonds is 4. The number of nitrogens with zero attached hydrogens (tertiary/aromatic N) is 1. The Bertz CT molecular complexity index is 529. The Hall–Kier alpha value is -1.59. The summed E-state index contributed by atoms with van der Waals surface area (Å²) in [5.74, 6) is 0.907. The molecule has 0 aliphatic carbocycles. The van der Waals surface area contributed by atoms with E-state index in [0.29, 0.717) is 6.54 Å². The molecule has 0 unspecified atom stereocenters. The predicted molar refractivity (Wildman–Crippen MR) is 76.7 cm³/mol. The number of thiophene rings is 1. The van der Waals surface area contributed by atoms with Crippen molar-refractivity contribution < 1.29 is 13.9 Å². The largest absolute Gasteiger partial charge is 0.467 e. The van der Waals surface area contributed by atoms with Gasteiger partial charge in [-0.15, -0.1) is 11.3 Å². The SMILES string of the molecule is O=C(c1cccs1)N(Cc1ccco1)C1CCOCC1. The first kappa shape index (κ1) is 13.4. The van der Waals surface area contributed by atoms with Crippen LogP contribution >= 0.6 is 11.3 Å². The summed E-state index contributed by atoms with van der Waals surface area (Å²) in [5.41, 5.74) is 0. The van der Waals surface area contributed by atoms with Crippen molar-refractivity contribution in [3.05, 3.63) is 46.5 Å². The molecule has 5 heteroatoms. The lowest BCUT2D eigenvalue weighted by molar-refractivity contribution is 0.0252. The second-order valence-corrected chi connectivity index (χ2v) is 5.78. The fraction of sp³-hybridized carbons (Fsp3) is 0.400. The summed E-state index contributed by atoms with van der Waals surface area (Å²) in [6.45, 7) is 1.96. The molecule has 2 aromatic rings. The molecule has 0 bridgehead atoms. The minimum absolute atomic E-state index is 0.0864. The zero-order valence-electron chi connectivity index (χ0n) is 11.2. The van der Waals surface area contributed by atoms with E-state index in [1.54, 1.807) is 6.26 Å². The topological polar surface area (TPSA) is 42.7 Å². The van der Waals surface area contributed by atoms with Gasteiger partial charge in [-0.25, -0.2) is 0 Å². The van der Waals surface area contributed by atoms with Crippen molar-refractivity contribution >= 4 is 17.2 Å². The number of hydrogen-bond acceptors (Lipinski definition) is 4. The maximum Gasteiger partial charge on any atom is 0.264 e. The van der Waals surface area contributed by atoms with Crippen LogP contribution in [0.5, 0.6) is 0 Å². The molecule has 0 N–H and O–H groups in total. The fourth-order valence-electron chi connectivity index (χ4n) is 2.48. The van der Waals surface area contributed by atoms with Crippen LogP contribution in [0.1, 0.15) is 28.3 Å². The third-order valence-electron chi connectivity index (χ3n) is 3.53. The Morgan fingerprint density at radius 3 is 2.80 bits per heavy atom. The quantitative estimate of drug-likeness (QED) is 0.869. The van der Waals surface area contributed by atoms with E-state index in [-0.39, 0.29) is 11.9 Å².